The zero-order chi connectivity index (χ0) is 15.1. The molecule has 6 heteroatoms. The normalized spacial score (nSPS) is 14.3. The van der Waals surface area contributed by atoms with Crippen LogP contribution in [0.25, 0.3) is 0 Å². The fourth-order valence-electron chi connectivity index (χ4n) is 2.09. The highest BCUT2D eigenvalue weighted by Gasteiger charge is 2.12. The number of ketones is 1. The molecule has 1 heterocycles. The van der Waals surface area contributed by atoms with Crippen LogP contribution in [0.3, 0.4) is 0 Å². The van der Waals surface area contributed by atoms with Gasteiger partial charge in [0.15, 0.2) is 5.78 Å². The van der Waals surface area contributed by atoms with Gasteiger partial charge in [-0.15, -0.1) is 0 Å². The Hall–Kier alpha value is -2.39. The van der Waals surface area contributed by atoms with Crippen LogP contribution in [-0.2, 0) is 9.53 Å². The van der Waals surface area contributed by atoms with E-state index in [4.69, 9.17) is 10.00 Å². The number of carbonyl (C=O) groups excluding carboxylic acids is 2. The Morgan fingerprint density at radius 2 is 1.90 bits per heavy atom. The van der Waals surface area contributed by atoms with Crippen LogP contribution in [0.2, 0.25) is 0 Å². The van der Waals surface area contributed by atoms with Crippen molar-refractivity contribution in [1.82, 2.24) is 5.32 Å². The molecule has 0 aliphatic carbocycles. The molecule has 2 rings (SSSR count). The number of hydrogen-bond donors (Lipinski definition) is 1. The highest BCUT2D eigenvalue weighted by Crippen LogP contribution is 2.16. The molecule has 1 fully saturated rings. The minimum Gasteiger partial charge on any atom is -0.378 e. The van der Waals surface area contributed by atoms with Crippen LogP contribution in [-0.4, -0.2) is 44.5 Å². The number of nitriles is 1. The highest BCUT2D eigenvalue weighted by molar-refractivity contribution is 5.99. The topological polar surface area (TPSA) is 82.4 Å². The number of amides is 1. The number of anilines is 1. The Balaban J connectivity index is 1.90. The van der Waals surface area contributed by atoms with E-state index in [1.54, 1.807) is 18.2 Å². The third-order valence-electron chi connectivity index (χ3n) is 3.25. The lowest BCUT2D eigenvalue weighted by molar-refractivity contribution is -0.119. The Bertz CT molecular complexity index is 542. The van der Waals surface area contributed by atoms with Gasteiger partial charge in [0.25, 0.3) is 0 Å². The van der Waals surface area contributed by atoms with E-state index in [9.17, 15) is 9.59 Å². The molecule has 1 aliphatic heterocycles. The predicted octanol–water partition coefficient (Wildman–Crippen LogP) is 0.736. The van der Waals surface area contributed by atoms with Crippen molar-refractivity contribution in [2.24, 2.45) is 0 Å². The van der Waals surface area contributed by atoms with Gasteiger partial charge in [0, 0.05) is 24.3 Å². The summed E-state index contributed by atoms with van der Waals surface area (Å²) in [6.45, 7) is 3.03. The van der Waals surface area contributed by atoms with Crippen molar-refractivity contribution in [3.8, 4) is 6.07 Å². The van der Waals surface area contributed by atoms with Crippen LogP contribution in [0, 0.1) is 11.3 Å². The fourth-order valence-corrected chi connectivity index (χ4v) is 2.09. The Morgan fingerprint density at radius 3 is 2.52 bits per heavy atom. The third kappa shape index (κ3) is 4.29. The van der Waals surface area contributed by atoms with Crippen molar-refractivity contribution in [3.05, 3.63) is 29.8 Å². The number of ether oxygens (including phenoxy) is 1. The number of Topliss-reactive ketones (excluding diaryl/α,β-unsaturated/α-hetero) is 1. The SMILES string of the molecule is N#CCC(=O)NCC(=O)c1ccc(N2CCOCC2)cc1. The van der Waals surface area contributed by atoms with Crippen LogP contribution in [0.4, 0.5) is 5.69 Å². The standard InChI is InChI=1S/C15H17N3O3/c16-6-5-15(20)17-11-14(19)12-1-3-13(4-2-12)18-7-9-21-10-8-18/h1-4H,5,7-11H2,(H,17,20). The van der Waals surface area contributed by atoms with Gasteiger partial charge in [-0.05, 0) is 24.3 Å². The number of rotatable bonds is 5. The van der Waals surface area contributed by atoms with Gasteiger partial charge in [0.2, 0.25) is 5.91 Å². The van der Waals surface area contributed by atoms with Crippen LogP contribution in [0.5, 0.6) is 0 Å². The minimum absolute atomic E-state index is 0.0859. The molecule has 110 valence electrons. The van der Waals surface area contributed by atoms with E-state index >= 15 is 0 Å². The number of morpholine rings is 1. The summed E-state index contributed by atoms with van der Waals surface area (Å²) in [4.78, 5) is 25.2. The zero-order valence-electron chi connectivity index (χ0n) is 11.7. The van der Waals surface area contributed by atoms with Gasteiger partial charge in [-0.1, -0.05) is 0 Å². The van der Waals surface area contributed by atoms with E-state index in [0.29, 0.717) is 18.8 Å². The summed E-state index contributed by atoms with van der Waals surface area (Å²) in [6, 6.07) is 9.04. The van der Waals surface area contributed by atoms with Crippen LogP contribution < -0.4 is 10.2 Å². The first-order valence-electron chi connectivity index (χ1n) is 6.80. The predicted molar refractivity (Wildman–Crippen MR) is 77.0 cm³/mol. The second kappa shape index (κ2) is 7.41. The molecule has 0 saturated carbocycles. The molecular weight excluding hydrogens is 270 g/mol. The molecule has 21 heavy (non-hydrogen) atoms. The number of hydrogen-bond acceptors (Lipinski definition) is 5. The molecule has 0 unspecified atom stereocenters. The second-order valence-corrected chi connectivity index (χ2v) is 4.68. The molecule has 0 radical (unpaired) electrons. The lowest BCUT2D eigenvalue weighted by Gasteiger charge is -2.28. The molecular formula is C15H17N3O3. The second-order valence-electron chi connectivity index (χ2n) is 4.68. The molecule has 0 spiro atoms. The van der Waals surface area contributed by atoms with E-state index < -0.39 is 5.91 Å². The molecule has 1 N–H and O–H groups in total. The van der Waals surface area contributed by atoms with Gasteiger partial charge in [-0.3, -0.25) is 9.59 Å². The van der Waals surface area contributed by atoms with E-state index in [1.165, 1.54) is 0 Å². The number of nitrogens with one attached hydrogen (secondary N) is 1. The highest BCUT2D eigenvalue weighted by atomic mass is 16.5. The fraction of sp³-hybridized carbons (Fsp3) is 0.400. The van der Waals surface area contributed by atoms with Crippen molar-refractivity contribution in [3.63, 3.8) is 0 Å². The summed E-state index contributed by atoms with van der Waals surface area (Å²) in [7, 11) is 0. The van der Waals surface area contributed by atoms with Crippen molar-refractivity contribution in [2.45, 2.75) is 6.42 Å². The van der Waals surface area contributed by atoms with E-state index in [-0.39, 0.29) is 18.7 Å². The van der Waals surface area contributed by atoms with E-state index in [1.807, 2.05) is 12.1 Å². The monoisotopic (exact) mass is 287 g/mol. The number of nitrogens with zero attached hydrogens (tertiary/aromatic N) is 2. The summed E-state index contributed by atoms with van der Waals surface area (Å²) in [5, 5.41) is 10.8. The molecule has 0 bridgehead atoms. The maximum Gasteiger partial charge on any atom is 0.234 e. The van der Waals surface area contributed by atoms with Crippen molar-refractivity contribution < 1.29 is 14.3 Å². The molecule has 1 aliphatic rings. The van der Waals surface area contributed by atoms with E-state index in [2.05, 4.69) is 10.2 Å². The molecule has 0 aromatic heterocycles. The molecule has 0 atom stereocenters. The molecule has 1 amide bonds. The van der Waals surface area contributed by atoms with Gasteiger partial charge < -0.3 is 15.0 Å². The summed E-state index contributed by atoms with van der Waals surface area (Å²) >= 11 is 0. The van der Waals surface area contributed by atoms with Crippen molar-refractivity contribution >= 4 is 17.4 Å². The van der Waals surface area contributed by atoms with Gasteiger partial charge in [-0.25, -0.2) is 0 Å². The Kier molecular flexibility index (Phi) is 5.29. The zero-order valence-corrected chi connectivity index (χ0v) is 11.7. The first kappa shape index (κ1) is 15.0. The van der Waals surface area contributed by atoms with Gasteiger partial charge in [0.05, 0.1) is 25.8 Å². The summed E-state index contributed by atoms with van der Waals surface area (Å²) < 4.78 is 5.30. The van der Waals surface area contributed by atoms with Crippen LogP contribution >= 0.6 is 0 Å². The molecule has 6 nitrogen and oxygen atoms in total. The number of benzene rings is 1. The van der Waals surface area contributed by atoms with Gasteiger partial charge in [-0.2, -0.15) is 5.26 Å². The average molecular weight is 287 g/mol. The molecule has 1 saturated heterocycles. The number of carbonyl (C=O) groups is 2. The summed E-state index contributed by atoms with van der Waals surface area (Å²) in [5.74, 6) is -0.606. The maximum atomic E-state index is 11.9. The average Bonchev–Trinajstić information content (AvgIpc) is 2.54. The Morgan fingerprint density at radius 1 is 1.24 bits per heavy atom. The van der Waals surface area contributed by atoms with Gasteiger partial charge in [0.1, 0.15) is 6.42 Å². The summed E-state index contributed by atoms with van der Waals surface area (Å²) in [5.41, 5.74) is 1.60. The first-order chi connectivity index (χ1) is 10.2. The smallest absolute Gasteiger partial charge is 0.234 e. The largest absolute Gasteiger partial charge is 0.378 e. The van der Waals surface area contributed by atoms with Crippen LogP contribution in [0.1, 0.15) is 16.8 Å². The third-order valence-corrected chi connectivity index (χ3v) is 3.25. The maximum absolute atomic E-state index is 11.9. The van der Waals surface area contributed by atoms with Gasteiger partial charge >= 0.3 is 0 Å². The quantitative estimate of drug-likeness (QED) is 0.808. The van der Waals surface area contributed by atoms with Crippen molar-refractivity contribution in [1.29, 1.82) is 5.26 Å². The van der Waals surface area contributed by atoms with Crippen LogP contribution in [0.15, 0.2) is 24.3 Å². The lowest BCUT2D eigenvalue weighted by atomic mass is 10.1. The molecule has 1 aromatic rings. The lowest BCUT2D eigenvalue weighted by Crippen LogP contribution is -2.36. The summed E-state index contributed by atoms with van der Waals surface area (Å²) in [6.07, 6.45) is -0.233. The first-order valence-corrected chi connectivity index (χ1v) is 6.80. The van der Waals surface area contributed by atoms with Crippen molar-refractivity contribution in [2.75, 3.05) is 37.7 Å². The van der Waals surface area contributed by atoms with E-state index in [0.717, 1.165) is 18.8 Å². The minimum atomic E-state index is -0.434. The Labute approximate surface area is 123 Å². The molecule has 1 aromatic carbocycles.